The molecule has 0 aromatic heterocycles. The molecule has 4 aliphatic rings. The van der Waals surface area contributed by atoms with E-state index in [2.05, 4.69) is 51.4 Å². The van der Waals surface area contributed by atoms with Gasteiger partial charge in [-0.05, 0) is 75.2 Å². The molecule has 42 heavy (non-hydrogen) atoms. The molecule has 0 unspecified atom stereocenters. The quantitative estimate of drug-likeness (QED) is 0.221. The van der Waals surface area contributed by atoms with E-state index >= 15 is 0 Å². The minimum atomic E-state index is -0.995. The van der Waals surface area contributed by atoms with Crippen LogP contribution >= 0.6 is 0 Å². The molecule has 0 atom stereocenters. The van der Waals surface area contributed by atoms with Crippen molar-refractivity contribution >= 4 is 27.6 Å². The van der Waals surface area contributed by atoms with Crippen molar-refractivity contribution in [2.75, 3.05) is 0 Å². The summed E-state index contributed by atoms with van der Waals surface area (Å²) in [6.45, 7) is 13.6. The minimum absolute atomic E-state index is 0. The van der Waals surface area contributed by atoms with Crippen molar-refractivity contribution in [2.24, 2.45) is 0 Å². The van der Waals surface area contributed by atoms with Crippen LogP contribution in [-0.4, -0.2) is 27.6 Å². The van der Waals surface area contributed by atoms with Crippen LogP contribution in [0.1, 0.15) is 135 Å². The summed E-state index contributed by atoms with van der Waals surface area (Å²) < 4.78 is 12.8. The van der Waals surface area contributed by atoms with Crippen molar-refractivity contribution in [3.8, 4) is 11.5 Å². The summed E-state index contributed by atoms with van der Waals surface area (Å²) in [5.74, 6) is 4.29. The molecule has 0 saturated heterocycles. The molecule has 0 N–H and O–H groups in total. The molecular formula is C36H61O2Si3Zr. The van der Waals surface area contributed by atoms with Crippen LogP contribution in [0.3, 0.4) is 0 Å². The Bertz CT molecular complexity index is 962. The fraction of sp³-hybridized carbons (Fsp3) is 0.722. The number of hydrogen-bond donors (Lipinski definition) is 0. The number of hydrogen-bond acceptors (Lipinski definition) is 2. The summed E-state index contributed by atoms with van der Waals surface area (Å²) in [5.41, 5.74) is 9.61. The van der Waals surface area contributed by atoms with E-state index in [-0.39, 0.29) is 26.2 Å². The fourth-order valence-corrected chi connectivity index (χ4v) is 9.23. The van der Waals surface area contributed by atoms with Gasteiger partial charge in [0.05, 0.1) is 0 Å². The van der Waals surface area contributed by atoms with E-state index in [0.717, 1.165) is 21.4 Å². The Hall–Kier alpha value is -0.166. The predicted octanol–water partition coefficient (Wildman–Crippen LogP) is 9.90. The summed E-state index contributed by atoms with van der Waals surface area (Å²) in [7, 11) is -1.24. The summed E-state index contributed by atoms with van der Waals surface area (Å²) in [6.07, 6.45) is 24.7. The van der Waals surface area contributed by atoms with Gasteiger partial charge in [-0.25, -0.2) is 0 Å². The third-order valence-electron chi connectivity index (χ3n) is 9.55. The SMILES string of the molecule is C[SiH](C)Oc1c(C2CCCCC2)[cH-]c2c1CCCC2.C[SiH](C)Oc1c(C2CCCCC2)[cH-]c2c1CCCC2.C[SiH]C.[Zr+2]. The molecule has 2 saturated carbocycles. The van der Waals surface area contributed by atoms with Gasteiger partial charge in [-0.3, -0.25) is 0 Å². The van der Waals surface area contributed by atoms with Gasteiger partial charge in [-0.15, -0.1) is 11.1 Å². The molecule has 0 spiro atoms. The first-order valence-corrected chi connectivity index (χ1v) is 25.5. The van der Waals surface area contributed by atoms with E-state index in [1.165, 1.54) is 127 Å². The van der Waals surface area contributed by atoms with Crippen LogP contribution < -0.4 is 8.85 Å². The van der Waals surface area contributed by atoms with Crippen molar-refractivity contribution in [3.05, 3.63) is 45.5 Å². The van der Waals surface area contributed by atoms with Gasteiger partial charge in [-0.2, -0.15) is 34.4 Å². The molecule has 4 aliphatic carbocycles. The van der Waals surface area contributed by atoms with Gasteiger partial charge >= 0.3 is 26.2 Å². The maximum atomic E-state index is 6.38. The van der Waals surface area contributed by atoms with Crippen LogP contribution in [-0.2, 0) is 51.9 Å². The van der Waals surface area contributed by atoms with Crippen LogP contribution in [0.4, 0.5) is 0 Å². The fourth-order valence-electron chi connectivity index (χ4n) is 7.73. The van der Waals surface area contributed by atoms with Gasteiger partial charge in [0.2, 0.25) is 18.1 Å². The monoisotopic (exact) mass is 699 g/mol. The summed E-state index contributed by atoms with van der Waals surface area (Å²) in [6, 6.07) is 5.05. The maximum Gasteiger partial charge on any atom is 2.00 e. The van der Waals surface area contributed by atoms with Gasteiger partial charge in [0.15, 0.2) is 0 Å². The molecule has 2 nitrogen and oxygen atoms in total. The standard InChI is InChI=1S/2C17H27OSi.C2H7Si.Zr/c2*1-19(2)18-17-15-11-7-6-10-14(15)12-16(17)13-8-4-3-5-9-13;1-3-2;/h2*12-13,19H,3-11H2,1-2H3;3H,1-2H3;/q2*-1;;+2. The summed E-state index contributed by atoms with van der Waals surface area (Å²) >= 11 is 0. The zero-order valence-electron chi connectivity index (χ0n) is 28.1. The second-order valence-corrected chi connectivity index (χ2v) is 19.7. The molecule has 2 aromatic rings. The molecule has 0 aliphatic heterocycles. The Kier molecular flexibility index (Phi) is 16.2. The zero-order chi connectivity index (χ0) is 29.2. The van der Waals surface area contributed by atoms with Gasteiger partial charge in [0, 0.05) is 9.52 Å². The first kappa shape index (κ1) is 36.3. The number of aryl methyl sites for hydroxylation is 2. The summed E-state index contributed by atoms with van der Waals surface area (Å²) in [5, 5.41) is 0. The molecule has 233 valence electrons. The van der Waals surface area contributed by atoms with Gasteiger partial charge in [0.1, 0.15) is 0 Å². The first-order valence-electron chi connectivity index (χ1n) is 17.6. The Balaban J connectivity index is 0.000000207. The number of fused-ring (bicyclic) bond motifs is 2. The molecular weight excluding hydrogens is 640 g/mol. The van der Waals surface area contributed by atoms with Crippen LogP contribution in [0.5, 0.6) is 11.5 Å². The van der Waals surface area contributed by atoms with Crippen LogP contribution in [0.2, 0.25) is 39.3 Å². The van der Waals surface area contributed by atoms with Crippen LogP contribution in [0, 0.1) is 0 Å². The van der Waals surface area contributed by atoms with E-state index < -0.39 is 18.1 Å². The average Bonchev–Trinajstić information content (AvgIpc) is 3.53. The van der Waals surface area contributed by atoms with E-state index in [4.69, 9.17) is 8.85 Å². The molecule has 2 aromatic carbocycles. The molecule has 0 bridgehead atoms. The second kappa shape index (κ2) is 18.7. The third kappa shape index (κ3) is 9.92. The minimum Gasteiger partial charge on any atom is -0.613 e. The summed E-state index contributed by atoms with van der Waals surface area (Å²) in [4.78, 5) is 0. The Labute approximate surface area is 284 Å². The molecule has 0 heterocycles. The predicted molar refractivity (Wildman–Crippen MR) is 187 cm³/mol. The van der Waals surface area contributed by atoms with E-state index in [1.54, 1.807) is 33.4 Å². The van der Waals surface area contributed by atoms with Crippen LogP contribution in [0.25, 0.3) is 0 Å². The third-order valence-corrected chi connectivity index (χ3v) is 11.0. The van der Waals surface area contributed by atoms with Crippen molar-refractivity contribution in [3.63, 3.8) is 0 Å². The molecule has 6 rings (SSSR count). The Morgan fingerprint density at radius 3 is 1.21 bits per heavy atom. The molecule has 0 amide bonds. The largest absolute Gasteiger partial charge is 2.00 e. The van der Waals surface area contributed by atoms with Crippen molar-refractivity contribution in [1.82, 2.24) is 0 Å². The maximum absolute atomic E-state index is 6.38. The Morgan fingerprint density at radius 2 is 0.881 bits per heavy atom. The van der Waals surface area contributed by atoms with Gasteiger partial charge in [-0.1, -0.05) is 103 Å². The Morgan fingerprint density at radius 1 is 0.548 bits per heavy atom. The van der Waals surface area contributed by atoms with Crippen molar-refractivity contribution < 1.29 is 35.1 Å². The molecule has 1 radical (unpaired) electrons. The average molecular weight is 701 g/mol. The van der Waals surface area contributed by atoms with Crippen molar-refractivity contribution in [1.29, 1.82) is 0 Å². The van der Waals surface area contributed by atoms with E-state index in [0.29, 0.717) is 0 Å². The van der Waals surface area contributed by atoms with E-state index in [9.17, 15) is 0 Å². The zero-order valence-corrected chi connectivity index (χ0v) is 34.0. The first-order chi connectivity index (χ1) is 19.9. The number of rotatable bonds is 6. The second-order valence-electron chi connectivity index (χ2n) is 13.9. The topological polar surface area (TPSA) is 18.5 Å². The van der Waals surface area contributed by atoms with E-state index in [1.807, 2.05) is 0 Å². The van der Waals surface area contributed by atoms with Gasteiger partial charge in [0.25, 0.3) is 0 Å². The smallest absolute Gasteiger partial charge is 0.613 e. The van der Waals surface area contributed by atoms with Crippen molar-refractivity contribution in [2.45, 2.75) is 167 Å². The van der Waals surface area contributed by atoms with Gasteiger partial charge < -0.3 is 8.85 Å². The van der Waals surface area contributed by atoms with Crippen LogP contribution in [0.15, 0.2) is 12.1 Å². The molecule has 2 fully saturated rings. The molecule has 6 heteroatoms. The normalized spacial score (nSPS) is 19.0.